The summed E-state index contributed by atoms with van der Waals surface area (Å²) in [5.74, 6) is 0.681. The second kappa shape index (κ2) is 5.12. The van der Waals surface area contributed by atoms with Crippen molar-refractivity contribution in [2.75, 3.05) is 0 Å². The van der Waals surface area contributed by atoms with E-state index < -0.39 is 0 Å². The van der Waals surface area contributed by atoms with Crippen molar-refractivity contribution in [2.45, 2.75) is 0 Å². The predicted molar refractivity (Wildman–Crippen MR) is 67.1 cm³/mol. The lowest BCUT2D eigenvalue weighted by molar-refractivity contribution is 0.103. The van der Waals surface area contributed by atoms with Crippen LogP contribution in [-0.2, 0) is 0 Å². The Bertz CT molecular complexity index is 512. The largest absolute Gasteiger partial charge is 0.466 e. The summed E-state index contributed by atoms with van der Waals surface area (Å²) in [4.78, 5) is 12.1. The van der Waals surface area contributed by atoms with Crippen LogP contribution in [0.1, 0.15) is 15.9 Å². The maximum atomic E-state index is 12.1. The number of hydrogen-bond acceptors (Lipinski definition) is 2. The van der Waals surface area contributed by atoms with Gasteiger partial charge < -0.3 is 4.74 Å². The molecule has 0 spiro atoms. The Morgan fingerprint density at radius 3 is 2.12 bits per heavy atom. The van der Waals surface area contributed by atoms with Gasteiger partial charge in [0, 0.05) is 11.1 Å². The normalized spacial score (nSPS) is 9.65. The van der Waals surface area contributed by atoms with Crippen molar-refractivity contribution in [3.05, 3.63) is 78.6 Å². The van der Waals surface area contributed by atoms with Crippen LogP contribution in [0.15, 0.2) is 67.4 Å². The molecular formula is C15H12O2. The lowest BCUT2D eigenvalue weighted by Gasteiger charge is -2.03. The van der Waals surface area contributed by atoms with Gasteiger partial charge in [0.15, 0.2) is 5.78 Å². The third-order valence-electron chi connectivity index (χ3n) is 2.37. The Morgan fingerprint density at radius 2 is 1.53 bits per heavy atom. The third kappa shape index (κ3) is 2.61. The third-order valence-corrected chi connectivity index (χ3v) is 2.37. The van der Waals surface area contributed by atoms with Crippen LogP contribution in [0, 0.1) is 0 Å². The summed E-state index contributed by atoms with van der Waals surface area (Å²) in [5.41, 5.74) is 1.33. The Labute approximate surface area is 100 Å². The molecule has 0 amide bonds. The lowest BCUT2D eigenvalue weighted by atomic mass is 10.0. The topological polar surface area (TPSA) is 26.3 Å². The molecule has 0 aliphatic rings. The minimum Gasteiger partial charge on any atom is -0.466 e. The fourth-order valence-electron chi connectivity index (χ4n) is 1.54. The predicted octanol–water partition coefficient (Wildman–Crippen LogP) is 3.44. The van der Waals surface area contributed by atoms with Gasteiger partial charge in [0.05, 0.1) is 6.26 Å². The standard InChI is InChI=1S/C15H12O2/c1-2-17-14-10-8-13(9-11-14)15(16)12-6-4-3-5-7-12/h2-11H,1H2. The average molecular weight is 224 g/mol. The molecule has 17 heavy (non-hydrogen) atoms. The van der Waals surface area contributed by atoms with Crippen LogP contribution >= 0.6 is 0 Å². The van der Waals surface area contributed by atoms with Crippen molar-refractivity contribution in [1.82, 2.24) is 0 Å². The Hall–Kier alpha value is -2.35. The van der Waals surface area contributed by atoms with Gasteiger partial charge in [-0.1, -0.05) is 36.9 Å². The highest BCUT2D eigenvalue weighted by Gasteiger charge is 2.07. The van der Waals surface area contributed by atoms with E-state index in [9.17, 15) is 4.79 Å². The highest BCUT2D eigenvalue weighted by Crippen LogP contribution is 2.15. The van der Waals surface area contributed by atoms with Gasteiger partial charge in [-0.15, -0.1) is 0 Å². The first kappa shape index (κ1) is 11.1. The fourth-order valence-corrected chi connectivity index (χ4v) is 1.54. The highest BCUT2D eigenvalue weighted by atomic mass is 16.5. The van der Waals surface area contributed by atoms with Crippen molar-refractivity contribution in [3.8, 4) is 5.75 Å². The van der Waals surface area contributed by atoms with E-state index in [-0.39, 0.29) is 5.78 Å². The summed E-state index contributed by atoms with van der Waals surface area (Å²) in [6.07, 6.45) is 1.36. The lowest BCUT2D eigenvalue weighted by Crippen LogP contribution is -2.00. The molecule has 0 fully saturated rings. The second-order valence-electron chi connectivity index (χ2n) is 3.50. The van der Waals surface area contributed by atoms with Crippen LogP contribution in [0.2, 0.25) is 0 Å². The minimum atomic E-state index is 0.00996. The van der Waals surface area contributed by atoms with Crippen LogP contribution in [0.25, 0.3) is 0 Å². The van der Waals surface area contributed by atoms with Gasteiger partial charge in [0.2, 0.25) is 0 Å². The summed E-state index contributed by atoms with van der Waals surface area (Å²) >= 11 is 0. The fraction of sp³-hybridized carbons (Fsp3) is 0. The van der Waals surface area contributed by atoms with E-state index >= 15 is 0 Å². The van der Waals surface area contributed by atoms with Crippen LogP contribution in [0.3, 0.4) is 0 Å². The van der Waals surface area contributed by atoms with Gasteiger partial charge in [0.25, 0.3) is 0 Å². The quantitative estimate of drug-likeness (QED) is 0.587. The summed E-state index contributed by atoms with van der Waals surface area (Å²) < 4.78 is 5.10. The number of hydrogen-bond donors (Lipinski definition) is 0. The van der Waals surface area contributed by atoms with Crippen molar-refractivity contribution >= 4 is 5.78 Å². The number of rotatable bonds is 4. The highest BCUT2D eigenvalue weighted by molar-refractivity contribution is 6.08. The molecule has 0 atom stereocenters. The maximum absolute atomic E-state index is 12.1. The molecule has 0 saturated carbocycles. The van der Waals surface area contributed by atoms with E-state index in [0.717, 1.165) is 0 Å². The molecule has 2 rings (SSSR count). The number of carbonyl (C=O) groups is 1. The van der Waals surface area contributed by atoms with E-state index in [1.165, 1.54) is 6.26 Å². The number of ketones is 1. The molecule has 0 aliphatic heterocycles. The van der Waals surface area contributed by atoms with Crippen LogP contribution < -0.4 is 4.74 Å². The zero-order valence-electron chi connectivity index (χ0n) is 9.30. The SMILES string of the molecule is C=COc1ccc(C(=O)c2ccccc2)cc1. The van der Waals surface area contributed by atoms with Gasteiger partial charge in [-0.3, -0.25) is 4.79 Å². The van der Waals surface area contributed by atoms with Crippen molar-refractivity contribution in [2.24, 2.45) is 0 Å². The first-order valence-electron chi connectivity index (χ1n) is 5.28. The second-order valence-corrected chi connectivity index (χ2v) is 3.50. The van der Waals surface area contributed by atoms with E-state index in [1.807, 2.05) is 18.2 Å². The molecule has 0 N–H and O–H groups in total. The molecule has 0 bridgehead atoms. The number of benzene rings is 2. The molecule has 0 aromatic heterocycles. The molecule has 84 valence electrons. The number of ether oxygens (including phenoxy) is 1. The minimum absolute atomic E-state index is 0.00996. The summed E-state index contributed by atoms with van der Waals surface area (Å²) in [6.45, 7) is 3.47. The van der Waals surface area contributed by atoms with Crippen LogP contribution in [0.4, 0.5) is 0 Å². The van der Waals surface area contributed by atoms with Gasteiger partial charge in [-0.05, 0) is 24.3 Å². The van der Waals surface area contributed by atoms with E-state index in [4.69, 9.17) is 4.74 Å². The van der Waals surface area contributed by atoms with E-state index in [0.29, 0.717) is 16.9 Å². The average Bonchev–Trinajstić information content (AvgIpc) is 2.40. The van der Waals surface area contributed by atoms with Gasteiger partial charge in [-0.25, -0.2) is 0 Å². The Kier molecular flexibility index (Phi) is 3.36. The van der Waals surface area contributed by atoms with Gasteiger partial charge in [0.1, 0.15) is 5.75 Å². The first-order chi connectivity index (χ1) is 8.31. The van der Waals surface area contributed by atoms with Crippen molar-refractivity contribution in [3.63, 3.8) is 0 Å². The zero-order valence-corrected chi connectivity index (χ0v) is 9.30. The molecule has 0 aliphatic carbocycles. The summed E-state index contributed by atoms with van der Waals surface area (Å²) in [5, 5.41) is 0. The molecule has 2 aromatic rings. The molecule has 0 radical (unpaired) electrons. The summed E-state index contributed by atoms with van der Waals surface area (Å²) in [6, 6.07) is 16.2. The Morgan fingerprint density at radius 1 is 0.941 bits per heavy atom. The summed E-state index contributed by atoms with van der Waals surface area (Å²) in [7, 11) is 0. The van der Waals surface area contributed by atoms with Crippen molar-refractivity contribution in [1.29, 1.82) is 0 Å². The first-order valence-corrected chi connectivity index (χ1v) is 5.28. The molecule has 2 aromatic carbocycles. The van der Waals surface area contributed by atoms with Crippen molar-refractivity contribution < 1.29 is 9.53 Å². The van der Waals surface area contributed by atoms with E-state index in [1.54, 1.807) is 36.4 Å². The molecular weight excluding hydrogens is 212 g/mol. The Balaban J connectivity index is 2.23. The van der Waals surface area contributed by atoms with Gasteiger partial charge in [-0.2, -0.15) is 0 Å². The number of carbonyl (C=O) groups excluding carboxylic acids is 1. The zero-order chi connectivity index (χ0) is 12.1. The van der Waals surface area contributed by atoms with E-state index in [2.05, 4.69) is 6.58 Å². The molecule has 2 nitrogen and oxygen atoms in total. The molecule has 2 heteroatoms. The van der Waals surface area contributed by atoms with Crippen LogP contribution in [0.5, 0.6) is 5.75 Å². The smallest absolute Gasteiger partial charge is 0.193 e. The molecule has 0 saturated heterocycles. The maximum Gasteiger partial charge on any atom is 0.193 e. The van der Waals surface area contributed by atoms with Crippen LogP contribution in [-0.4, -0.2) is 5.78 Å². The van der Waals surface area contributed by atoms with Gasteiger partial charge >= 0.3 is 0 Å². The molecule has 0 unspecified atom stereocenters. The monoisotopic (exact) mass is 224 g/mol. The molecule has 0 heterocycles.